The largest absolute Gasteiger partial charge is 0.493 e. The number of carbonyl (C=O) groups is 2. The molecule has 2 aromatic rings. The van der Waals surface area contributed by atoms with Crippen LogP contribution in [0, 0.1) is 0 Å². The number of amides is 2. The summed E-state index contributed by atoms with van der Waals surface area (Å²) in [5.74, 6) is 2.04. The Bertz CT molecular complexity index is 950. The van der Waals surface area contributed by atoms with Gasteiger partial charge in [0.15, 0.2) is 17.6 Å². The van der Waals surface area contributed by atoms with Gasteiger partial charge >= 0.3 is 0 Å². The number of carbonyl (C=O) groups excluding carboxylic acids is 2. The SMILES string of the molecule is COc1ccc(C(=O)N2CCC(NC(=O)C(C)Oc3ccc(C(C)C)cc3)CC2)cc1OC. The van der Waals surface area contributed by atoms with Crippen LogP contribution in [0.4, 0.5) is 0 Å². The molecule has 1 aliphatic heterocycles. The minimum Gasteiger partial charge on any atom is -0.493 e. The fraction of sp³-hybridized carbons (Fsp3) is 0.462. The second-order valence-electron chi connectivity index (χ2n) is 8.63. The van der Waals surface area contributed by atoms with Gasteiger partial charge < -0.3 is 24.4 Å². The summed E-state index contributed by atoms with van der Waals surface area (Å²) >= 11 is 0. The lowest BCUT2D eigenvalue weighted by Crippen LogP contribution is -2.49. The van der Waals surface area contributed by atoms with Gasteiger partial charge in [-0.2, -0.15) is 0 Å². The van der Waals surface area contributed by atoms with E-state index in [1.165, 1.54) is 5.56 Å². The lowest BCUT2D eigenvalue weighted by molar-refractivity contribution is -0.128. The number of methoxy groups -OCH3 is 2. The molecule has 1 atom stereocenters. The van der Waals surface area contributed by atoms with E-state index >= 15 is 0 Å². The second-order valence-corrected chi connectivity index (χ2v) is 8.63. The van der Waals surface area contributed by atoms with Crippen molar-refractivity contribution in [1.29, 1.82) is 0 Å². The molecule has 1 N–H and O–H groups in total. The maximum Gasteiger partial charge on any atom is 0.260 e. The van der Waals surface area contributed by atoms with Crippen LogP contribution in [0.25, 0.3) is 0 Å². The zero-order chi connectivity index (χ0) is 24.0. The number of ether oxygens (including phenoxy) is 3. The van der Waals surface area contributed by atoms with Crippen LogP contribution in [-0.4, -0.2) is 56.2 Å². The fourth-order valence-corrected chi connectivity index (χ4v) is 3.89. The van der Waals surface area contributed by atoms with E-state index in [9.17, 15) is 9.59 Å². The van der Waals surface area contributed by atoms with E-state index in [1.54, 1.807) is 44.2 Å². The van der Waals surface area contributed by atoms with E-state index in [0.29, 0.717) is 54.7 Å². The highest BCUT2D eigenvalue weighted by Gasteiger charge is 2.27. The van der Waals surface area contributed by atoms with E-state index in [4.69, 9.17) is 14.2 Å². The van der Waals surface area contributed by atoms with Gasteiger partial charge in [-0.15, -0.1) is 0 Å². The number of piperidine rings is 1. The van der Waals surface area contributed by atoms with Crippen molar-refractivity contribution in [2.45, 2.75) is 51.7 Å². The lowest BCUT2D eigenvalue weighted by atomic mass is 10.0. The van der Waals surface area contributed by atoms with E-state index in [-0.39, 0.29) is 17.9 Å². The van der Waals surface area contributed by atoms with Gasteiger partial charge in [0, 0.05) is 24.7 Å². The smallest absolute Gasteiger partial charge is 0.260 e. The van der Waals surface area contributed by atoms with Crippen LogP contribution in [0.2, 0.25) is 0 Å². The summed E-state index contributed by atoms with van der Waals surface area (Å²) in [6.45, 7) is 7.17. The van der Waals surface area contributed by atoms with Crippen LogP contribution in [0.1, 0.15) is 55.5 Å². The van der Waals surface area contributed by atoms with Gasteiger partial charge in [0.25, 0.3) is 11.8 Å². The van der Waals surface area contributed by atoms with E-state index in [1.807, 2.05) is 24.3 Å². The Balaban J connectivity index is 1.49. The topological polar surface area (TPSA) is 77.1 Å². The number of benzene rings is 2. The molecule has 1 heterocycles. The molecule has 0 aliphatic carbocycles. The zero-order valence-electron chi connectivity index (χ0n) is 20.1. The Morgan fingerprint density at radius 2 is 1.58 bits per heavy atom. The number of rotatable bonds is 8. The Morgan fingerprint density at radius 1 is 0.939 bits per heavy atom. The summed E-state index contributed by atoms with van der Waals surface area (Å²) < 4.78 is 16.4. The molecule has 0 spiro atoms. The predicted octanol–water partition coefficient (Wildman–Crippen LogP) is 4.02. The quantitative estimate of drug-likeness (QED) is 0.652. The minimum absolute atomic E-state index is 0.0151. The summed E-state index contributed by atoms with van der Waals surface area (Å²) in [4.78, 5) is 27.3. The molecule has 0 aromatic heterocycles. The van der Waals surface area contributed by atoms with Crippen LogP contribution in [0.3, 0.4) is 0 Å². The minimum atomic E-state index is -0.596. The summed E-state index contributed by atoms with van der Waals surface area (Å²) in [7, 11) is 3.11. The van der Waals surface area contributed by atoms with Gasteiger partial charge in [0.2, 0.25) is 0 Å². The van der Waals surface area contributed by atoms with Gasteiger partial charge in [0.1, 0.15) is 5.75 Å². The third kappa shape index (κ3) is 6.18. The summed E-state index contributed by atoms with van der Waals surface area (Å²) in [5, 5.41) is 3.06. The van der Waals surface area contributed by atoms with Crippen LogP contribution in [0.5, 0.6) is 17.2 Å². The first kappa shape index (κ1) is 24.4. The molecule has 2 amide bonds. The average molecular weight is 455 g/mol. The number of hydrogen-bond acceptors (Lipinski definition) is 5. The fourth-order valence-electron chi connectivity index (χ4n) is 3.89. The standard InChI is InChI=1S/C26H34N2O5/c1-17(2)19-6-9-22(10-7-19)33-18(3)25(29)27-21-12-14-28(15-13-21)26(30)20-8-11-23(31-4)24(16-20)32-5/h6-11,16-18,21H,12-15H2,1-5H3,(H,27,29). The molecule has 1 saturated heterocycles. The zero-order valence-corrected chi connectivity index (χ0v) is 20.1. The van der Waals surface area contributed by atoms with E-state index < -0.39 is 6.10 Å². The van der Waals surface area contributed by atoms with Crippen molar-refractivity contribution in [2.24, 2.45) is 0 Å². The maximum absolute atomic E-state index is 12.9. The van der Waals surface area contributed by atoms with Crippen molar-refractivity contribution in [3.8, 4) is 17.2 Å². The van der Waals surface area contributed by atoms with Crippen molar-refractivity contribution >= 4 is 11.8 Å². The van der Waals surface area contributed by atoms with Crippen molar-refractivity contribution in [2.75, 3.05) is 27.3 Å². The second kappa shape index (κ2) is 11.1. The van der Waals surface area contributed by atoms with E-state index in [0.717, 1.165) is 0 Å². The van der Waals surface area contributed by atoms with E-state index in [2.05, 4.69) is 19.2 Å². The number of likely N-dealkylation sites (tertiary alicyclic amines) is 1. The lowest BCUT2D eigenvalue weighted by Gasteiger charge is -2.33. The first-order valence-electron chi connectivity index (χ1n) is 11.4. The normalized spacial score (nSPS) is 15.2. The van der Waals surface area contributed by atoms with Gasteiger partial charge in [-0.3, -0.25) is 9.59 Å². The molecule has 1 unspecified atom stereocenters. The van der Waals surface area contributed by atoms with Crippen molar-refractivity contribution < 1.29 is 23.8 Å². The van der Waals surface area contributed by atoms with Gasteiger partial charge in [-0.05, 0) is 61.6 Å². The molecule has 2 aromatic carbocycles. The van der Waals surface area contributed by atoms with Crippen molar-refractivity contribution in [3.05, 3.63) is 53.6 Å². The molecule has 1 fully saturated rings. The predicted molar refractivity (Wildman–Crippen MR) is 127 cm³/mol. The molecule has 178 valence electrons. The number of nitrogens with zero attached hydrogens (tertiary/aromatic N) is 1. The molecular weight excluding hydrogens is 420 g/mol. The summed E-state index contributed by atoms with van der Waals surface area (Å²) in [6, 6.07) is 13.0. The van der Waals surface area contributed by atoms with Gasteiger partial charge in [-0.1, -0.05) is 26.0 Å². The number of hydrogen-bond donors (Lipinski definition) is 1. The molecule has 0 bridgehead atoms. The molecular formula is C26H34N2O5. The third-order valence-corrected chi connectivity index (χ3v) is 5.99. The molecule has 33 heavy (non-hydrogen) atoms. The Morgan fingerprint density at radius 3 is 2.15 bits per heavy atom. The monoisotopic (exact) mass is 454 g/mol. The van der Waals surface area contributed by atoms with Crippen LogP contribution >= 0.6 is 0 Å². The van der Waals surface area contributed by atoms with Crippen molar-refractivity contribution in [3.63, 3.8) is 0 Å². The molecule has 7 heteroatoms. The van der Waals surface area contributed by atoms with Crippen molar-refractivity contribution in [1.82, 2.24) is 10.2 Å². The maximum atomic E-state index is 12.9. The Hall–Kier alpha value is -3.22. The molecule has 3 rings (SSSR count). The first-order valence-corrected chi connectivity index (χ1v) is 11.4. The Labute approximate surface area is 196 Å². The average Bonchev–Trinajstić information content (AvgIpc) is 2.83. The molecule has 0 saturated carbocycles. The van der Waals surface area contributed by atoms with Gasteiger partial charge in [0.05, 0.1) is 14.2 Å². The summed E-state index contributed by atoms with van der Waals surface area (Å²) in [6.07, 6.45) is 0.794. The van der Waals surface area contributed by atoms with Crippen LogP contribution in [0.15, 0.2) is 42.5 Å². The first-order chi connectivity index (χ1) is 15.8. The summed E-state index contributed by atoms with van der Waals surface area (Å²) in [5.41, 5.74) is 1.79. The molecule has 0 radical (unpaired) electrons. The Kier molecular flexibility index (Phi) is 8.20. The van der Waals surface area contributed by atoms with Crippen LogP contribution in [-0.2, 0) is 4.79 Å². The third-order valence-electron chi connectivity index (χ3n) is 5.99. The van der Waals surface area contributed by atoms with Gasteiger partial charge in [-0.25, -0.2) is 0 Å². The molecule has 7 nitrogen and oxygen atoms in total. The molecule has 1 aliphatic rings. The highest BCUT2D eigenvalue weighted by atomic mass is 16.5. The number of nitrogens with one attached hydrogen (secondary N) is 1. The highest BCUT2D eigenvalue weighted by Crippen LogP contribution is 2.28. The highest BCUT2D eigenvalue weighted by molar-refractivity contribution is 5.95. The van der Waals surface area contributed by atoms with Crippen LogP contribution < -0.4 is 19.5 Å².